The number of benzene rings is 2. The summed E-state index contributed by atoms with van der Waals surface area (Å²) in [5.74, 6) is 0. The molecule has 9 nitrogen and oxygen atoms in total. The normalized spacial score (nSPS) is 13.9. The fraction of sp³-hybridized carbons (Fsp3) is 0.167. The Hall–Kier alpha value is -2.92. The van der Waals surface area contributed by atoms with E-state index in [1.807, 2.05) is 0 Å². The van der Waals surface area contributed by atoms with Gasteiger partial charge >= 0.3 is 0 Å². The Balaban J connectivity index is 1.89. The van der Waals surface area contributed by atoms with Crippen LogP contribution in [0.4, 0.5) is 5.69 Å². The van der Waals surface area contributed by atoms with E-state index in [1.165, 1.54) is 36.5 Å². The van der Waals surface area contributed by atoms with E-state index in [9.17, 15) is 28.7 Å². The molecule has 0 amide bonds. The lowest BCUT2D eigenvalue weighted by Gasteiger charge is -2.22. The molecular formula is C18H17N3O6S. The number of nitrogens with one attached hydrogen (secondary N) is 1. The number of aliphatic hydroxyl groups is 2. The molecule has 0 aliphatic heterocycles. The monoisotopic (exact) mass is 403 g/mol. The molecule has 3 rings (SSSR count). The largest absolute Gasteiger partial charge is 0.395 e. The molecule has 1 aromatic heterocycles. The number of rotatable bonds is 7. The van der Waals surface area contributed by atoms with Crippen molar-refractivity contribution in [1.29, 1.82) is 0 Å². The summed E-state index contributed by atoms with van der Waals surface area (Å²) in [6, 6.07) is 11.8. The Bertz CT molecular complexity index is 1100. The third kappa shape index (κ3) is 3.99. The number of aliphatic hydroxyl groups excluding tert-OH is 2. The van der Waals surface area contributed by atoms with Gasteiger partial charge in [0.05, 0.1) is 29.2 Å². The summed E-state index contributed by atoms with van der Waals surface area (Å²) in [7, 11) is -4.11. The van der Waals surface area contributed by atoms with Crippen LogP contribution in [0.1, 0.15) is 11.7 Å². The third-order valence-electron chi connectivity index (χ3n) is 4.21. The summed E-state index contributed by atoms with van der Waals surface area (Å²) < 4.78 is 27.9. The van der Waals surface area contributed by atoms with Crippen molar-refractivity contribution in [2.45, 2.75) is 17.0 Å². The fourth-order valence-corrected chi connectivity index (χ4v) is 4.19. The van der Waals surface area contributed by atoms with Crippen molar-refractivity contribution in [3.8, 4) is 0 Å². The molecule has 0 unspecified atom stereocenters. The molecule has 0 aliphatic rings. The summed E-state index contributed by atoms with van der Waals surface area (Å²) in [5.41, 5.74) is 0.321. The molecule has 2 atom stereocenters. The Morgan fingerprint density at radius 1 is 1.11 bits per heavy atom. The number of nitro groups is 1. The molecule has 0 saturated carbocycles. The van der Waals surface area contributed by atoms with Crippen LogP contribution in [0.5, 0.6) is 0 Å². The van der Waals surface area contributed by atoms with Crippen LogP contribution in [-0.2, 0) is 10.0 Å². The molecule has 0 fully saturated rings. The summed E-state index contributed by atoms with van der Waals surface area (Å²) in [4.78, 5) is 14.2. The number of nitrogens with zero attached hydrogens (tertiary/aromatic N) is 2. The van der Waals surface area contributed by atoms with Crippen molar-refractivity contribution in [3.63, 3.8) is 0 Å². The van der Waals surface area contributed by atoms with Crippen molar-refractivity contribution in [1.82, 2.24) is 9.71 Å². The number of non-ortho nitro benzene ring substituents is 1. The molecule has 0 saturated heterocycles. The van der Waals surface area contributed by atoms with Crippen LogP contribution >= 0.6 is 0 Å². The van der Waals surface area contributed by atoms with E-state index in [4.69, 9.17) is 0 Å². The van der Waals surface area contributed by atoms with Gasteiger partial charge in [0, 0.05) is 23.7 Å². The molecule has 1 heterocycles. The van der Waals surface area contributed by atoms with Crippen molar-refractivity contribution >= 4 is 26.6 Å². The second-order valence-electron chi connectivity index (χ2n) is 6.04. The average molecular weight is 403 g/mol. The molecule has 3 N–H and O–H groups in total. The first kappa shape index (κ1) is 19.8. The van der Waals surface area contributed by atoms with Gasteiger partial charge in [0.25, 0.3) is 5.69 Å². The highest BCUT2D eigenvalue weighted by atomic mass is 32.2. The third-order valence-corrected chi connectivity index (χ3v) is 5.74. The number of fused-ring (bicyclic) bond motifs is 1. The van der Waals surface area contributed by atoms with Gasteiger partial charge in [-0.3, -0.25) is 15.1 Å². The highest BCUT2D eigenvalue weighted by Gasteiger charge is 2.28. The van der Waals surface area contributed by atoms with Crippen molar-refractivity contribution in [2.24, 2.45) is 0 Å². The van der Waals surface area contributed by atoms with Gasteiger partial charge < -0.3 is 10.2 Å². The van der Waals surface area contributed by atoms with E-state index in [2.05, 4.69) is 9.71 Å². The number of hydrogen-bond donors (Lipinski definition) is 3. The first-order valence-corrected chi connectivity index (χ1v) is 9.71. The van der Waals surface area contributed by atoms with Gasteiger partial charge in [0.1, 0.15) is 4.90 Å². The lowest BCUT2D eigenvalue weighted by atomic mass is 10.0. The van der Waals surface area contributed by atoms with E-state index in [1.54, 1.807) is 24.3 Å². The summed E-state index contributed by atoms with van der Waals surface area (Å²) in [6.45, 7) is -0.685. The summed E-state index contributed by atoms with van der Waals surface area (Å²) in [6.07, 6.45) is 0.0554. The van der Waals surface area contributed by atoms with Crippen LogP contribution in [0.3, 0.4) is 0 Å². The summed E-state index contributed by atoms with van der Waals surface area (Å²) in [5, 5.41) is 31.4. The predicted octanol–water partition coefficient (Wildman–Crippen LogP) is 1.52. The topological polar surface area (TPSA) is 143 Å². The first-order valence-electron chi connectivity index (χ1n) is 8.23. The van der Waals surface area contributed by atoms with E-state index in [0.29, 0.717) is 5.39 Å². The zero-order chi connectivity index (χ0) is 20.3. The zero-order valence-corrected chi connectivity index (χ0v) is 15.3. The van der Waals surface area contributed by atoms with Gasteiger partial charge in [-0.1, -0.05) is 18.2 Å². The van der Waals surface area contributed by atoms with Crippen molar-refractivity contribution in [2.75, 3.05) is 6.61 Å². The van der Waals surface area contributed by atoms with E-state index in [0.717, 1.165) is 0 Å². The standard InChI is InChI=1S/C18H17N3O6S/c22-11-15(18(23)13-6-8-14(9-7-13)21(24)25)20-28(26,27)16-5-1-3-12-4-2-10-19-17(12)16/h1-10,15,18,20,22-23H,11H2/t15-,18+/m0/s1. The molecule has 10 heteroatoms. The van der Waals surface area contributed by atoms with Crippen molar-refractivity contribution < 1.29 is 23.6 Å². The molecule has 3 aromatic rings. The highest BCUT2D eigenvalue weighted by Crippen LogP contribution is 2.24. The number of pyridine rings is 1. The van der Waals surface area contributed by atoms with Gasteiger partial charge in [0.2, 0.25) is 10.0 Å². The molecule has 0 radical (unpaired) electrons. The van der Waals surface area contributed by atoms with Crippen LogP contribution in [-0.4, -0.2) is 41.2 Å². The van der Waals surface area contributed by atoms with Gasteiger partial charge in [-0.05, 0) is 29.8 Å². The lowest BCUT2D eigenvalue weighted by molar-refractivity contribution is -0.384. The van der Waals surface area contributed by atoms with Crippen LogP contribution in [0.15, 0.2) is 65.7 Å². The zero-order valence-electron chi connectivity index (χ0n) is 14.5. The quantitative estimate of drug-likeness (QED) is 0.401. The van der Waals surface area contributed by atoms with Crippen LogP contribution < -0.4 is 4.72 Å². The number of nitro benzene ring substituents is 1. The number of hydrogen-bond acceptors (Lipinski definition) is 7. The number of sulfonamides is 1. The van der Waals surface area contributed by atoms with Crippen molar-refractivity contribution in [3.05, 3.63) is 76.5 Å². The summed E-state index contributed by atoms with van der Waals surface area (Å²) >= 11 is 0. The number of aromatic nitrogens is 1. The SMILES string of the molecule is O=[N+]([O-])c1ccc([C@@H](O)[C@H](CO)NS(=O)(=O)c2cccc3cccnc23)cc1. The molecule has 146 valence electrons. The van der Waals surface area contributed by atoms with Crippen LogP contribution in [0.2, 0.25) is 0 Å². The maximum absolute atomic E-state index is 12.8. The molecule has 0 spiro atoms. The van der Waals surface area contributed by atoms with Crippen LogP contribution in [0.25, 0.3) is 10.9 Å². The lowest BCUT2D eigenvalue weighted by Crippen LogP contribution is -2.42. The Morgan fingerprint density at radius 3 is 2.43 bits per heavy atom. The molecule has 0 aliphatic carbocycles. The Morgan fingerprint density at radius 2 is 1.79 bits per heavy atom. The fourth-order valence-electron chi connectivity index (χ4n) is 2.78. The smallest absolute Gasteiger partial charge is 0.269 e. The number of para-hydroxylation sites is 1. The maximum Gasteiger partial charge on any atom is 0.269 e. The van der Waals surface area contributed by atoms with Crippen LogP contribution in [0, 0.1) is 10.1 Å². The van der Waals surface area contributed by atoms with Gasteiger partial charge in [-0.25, -0.2) is 13.1 Å². The Kier molecular flexibility index (Phi) is 5.66. The maximum atomic E-state index is 12.8. The molecule has 28 heavy (non-hydrogen) atoms. The first-order chi connectivity index (χ1) is 13.3. The highest BCUT2D eigenvalue weighted by molar-refractivity contribution is 7.89. The van der Waals surface area contributed by atoms with E-state index < -0.39 is 33.7 Å². The van der Waals surface area contributed by atoms with Gasteiger partial charge in [0.15, 0.2) is 0 Å². The minimum atomic E-state index is -4.11. The second-order valence-corrected chi connectivity index (χ2v) is 7.72. The molecular weight excluding hydrogens is 386 g/mol. The molecule has 2 aromatic carbocycles. The van der Waals surface area contributed by atoms with Gasteiger partial charge in [-0.2, -0.15) is 0 Å². The van der Waals surface area contributed by atoms with E-state index in [-0.39, 0.29) is 21.7 Å². The average Bonchev–Trinajstić information content (AvgIpc) is 2.71. The minimum Gasteiger partial charge on any atom is -0.395 e. The molecule has 0 bridgehead atoms. The minimum absolute atomic E-state index is 0.0834. The Labute approximate surface area is 160 Å². The predicted molar refractivity (Wildman–Crippen MR) is 101 cm³/mol. The second kappa shape index (κ2) is 7.98. The van der Waals surface area contributed by atoms with E-state index >= 15 is 0 Å². The van der Waals surface area contributed by atoms with Gasteiger partial charge in [-0.15, -0.1) is 0 Å².